The van der Waals surface area contributed by atoms with Crippen LogP contribution in [0.3, 0.4) is 0 Å². The summed E-state index contributed by atoms with van der Waals surface area (Å²) in [6, 6.07) is 11.4. The maximum Gasteiger partial charge on any atom is 0.270 e. The molecule has 0 spiro atoms. The Morgan fingerprint density at radius 2 is 1.89 bits per heavy atom. The van der Waals surface area contributed by atoms with Gasteiger partial charge in [0.25, 0.3) is 5.69 Å². The van der Waals surface area contributed by atoms with Crippen LogP contribution in [0.1, 0.15) is 5.56 Å². The van der Waals surface area contributed by atoms with Crippen LogP contribution in [0.25, 0.3) is 0 Å². The van der Waals surface area contributed by atoms with E-state index in [1.54, 1.807) is 30.3 Å². The second kappa shape index (κ2) is 5.98. The molecular formula is C13H10INO4. The van der Waals surface area contributed by atoms with E-state index in [0.717, 1.165) is 5.56 Å². The van der Waals surface area contributed by atoms with Crippen LogP contribution in [0.5, 0.6) is 11.5 Å². The summed E-state index contributed by atoms with van der Waals surface area (Å²) in [7, 11) is 0. The average Bonchev–Trinajstić information content (AvgIpc) is 2.41. The Hall–Kier alpha value is -1.67. The van der Waals surface area contributed by atoms with E-state index >= 15 is 0 Å². The Kier molecular flexibility index (Phi) is 4.33. The van der Waals surface area contributed by atoms with Gasteiger partial charge >= 0.3 is 0 Å². The van der Waals surface area contributed by atoms with E-state index in [1.165, 1.54) is 12.1 Å². The molecule has 0 unspecified atom stereocenters. The van der Waals surface area contributed by atoms with Gasteiger partial charge in [-0.15, -0.1) is 0 Å². The number of non-ortho nitro benzene ring substituents is 1. The molecule has 5 nitrogen and oxygen atoms in total. The molecule has 0 amide bonds. The number of hydrogen-bond acceptors (Lipinski definition) is 4. The minimum absolute atomic E-state index is 0.0185. The van der Waals surface area contributed by atoms with Crippen molar-refractivity contribution in [2.24, 2.45) is 0 Å². The number of hydrogen-bond donors (Lipinski definition) is 1. The van der Waals surface area contributed by atoms with E-state index in [4.69, 9.17) is 9.84 Å². The van der Waals surface area contributed by atoms with Gasteiger partial charge in [0, 0.05) is 12.1 Å². The summed E-state index contributed by atoms with van der Waals surface area (Å²) < 4.78 is 6.30. The van der Waals surface area contributed by atoms with Gasteiger partial charge in [-0.05, 0) is 46.4 Å². The third-order valence-electron chi connectivity index (χ3n) is 2.46. The van der Waals surface area contributed by atoms with Gasteiger partial charge in [-0.1, -0.05) is 12.1 Å². The Bertz CT molecular complexity index is 598. The Morgan fingerprint density at radius 3 is 2.42 bits per heavy atom. The van der Waals surface area contributed by atoms with Crippen molar-refractivity contribution in [1.29, 1.82) is 0 Å². The van der Waals surface area contributed by atoms with Crippen LogP contribution in [-0.2, 0) is 6.61 Å². The summed E-state index contributed by atoms with van der Waals surface area (Å²) in [5.41, 5.74) is 0.832. The maximum absolute atomic E-state index is 10.6. The highest BCUT2D eigenvalue weighted by atomic mass is 127. The lowest BCUT2D eigenvalue weighted by atomic mass is 10.2. The van der Waals surface area contributed by atoms with Crippen LogP contribution in [0.2, 0.25) is 0 Å². The molecule has 2 aromatic carbocycles. The van der Waals surface area contributed by atoms with Gasteiger partial charge in [0.05, 0.1) is 15.1 Å². The molecule has 0 fully saturated rings. The number of nitrogens with zero attached hydrogens (tertiary/aromatic N) is 1. The van der Waals surface area contributed by atoms with Gasteiger partial charge in [-0.2, -0.15) is 0 Å². The lowest BCUT2D eigenvalue weighted by Gasteiger charge is -2.08. The summed E-state index contributed by atoms with van der Waals surface area (Å²) >= 11 is 1.99. The predicted molar refractivity (Wildman–Crippen MR) is 78.3 cm³/mol. The second-order valence-electron chi connectivity index (χ2n) is 3.78. The zero-order valence-corrected chi connectivity index (χ0v) is 11.9. The molecule has 0 atom stereocenters. The summed E-state index contributed by atoms with van der Waals surface area (Å²) in [4.78, 5) is 10.2. The molecule has 0 radical (unpaired) electrons. The Morgan fingerprint density at radius 1 is 1.21 bits per heavy atom. The van der Waals surface area contributed by atoms with Crippen LogP contribution in [-0.4, -0.2) is 10.0 Å². The first kappa shape index (κ1) is 13.8. The van der Waals surface area contributed by atoms with E-state index < -0.39 is 4.92 Å². The number of nitro groups is 1. The first-order valence-corrected chi connectivity index (χ1v) is 6.49. The van der Waals surface area contributed by atoms with Crippen LogP contribution in [0.4, 0.5) is 5.69 Å². The minimum Gasteiger partial charge on any atom is -0.456 e. The van der Waals surface area contributed by atoms with E-state index in [1.807, 2.05) is 22.6 Å². The number of aliphatic hydroxyl groups excluding tert-OH is 1. The molecule has 0 aliphatic carbocycles. The van der Waals surface area contributed by atoms with Crippen LogP contribution in [0.15, 0.2) is 42.5 Å². The van der Waals surface area contributed by atoms with Crippen molar-refractivity contribution >= 4 is 28.3 Å². The van der Waals surface area contributed by atoms with Crippen molar-refractivity contribution in [3.63, 3.8) is 0 Å². The van der Waals surface area contributed by atoms with Crippen LogP contribution < -0.4 is 4.74 Å². The van der Waals surface area contributed by atoms with Crippen molar-refractivity contribution in [1.82, 2.24) is 0 Å². The van der Waals surface area contributed by atoms with Crippen molar-refractivity contribution < 1.29 is 14.8 Å². The molecule has 0 aliphatic heterocycles. The highest BCUT2D eigenvalue weighted by Crippen LogP contribution is 2.29. The summed E-state index contributed by atoms with van der Waals surface area (Å²) in [6.45, 7) is -0.0185. The molecule has 0 heterocycles. The first-order chi connectivity index (χ1) is 9.10. The fourth-order valence-corrected chi connectivity index (χ4v) is 2.08. The van der Waals surface area contributed by atoms with Crippen molar-refractivity contribution in [2.75, 3.05) is 0 Å². The van der Waals surface area contributed by atoms with Crippen LogP contribution >= 0.6 is 22.6 Å². The van der Waals surface area contributed by atoms with E-state index in [2.05, 4.69) is 0 Å². The van der Waals surface area contributed by atoms with Crippen molar-refractivity contribution in [2.45, 2.75) is 6.61 Å². The number of nitro benzene ring substituents is 1. The zero-order valence-electron chi connectivity index (χ0n) is 9.75. The molecule has 0 aromatic heterocycles. The standard InChI is InChI=1S/C13H10INO4/c14-12-7-10(15(17)18)3-6-13(12)19-11-4-1-9(8-16)2-5-11/h1-7,16H,8H2. The van der Waals surface area contributed by atoms with Gasteiger partial charge in [-0.3, -0.25) is 10.1 Å². The van der Waals surface area contributed by atoms with Crippen LogP contribution in [0, 0.1) is 13.7 Å². The van der Waals surface area contributed by atoms with Gasteiger partial charge in [-0.25, -0.2) is 0 Å². The van der Waals surface area contributed by atoms with Gasteiger partial charge in [0.1, 0.15) is 11.5 Å². The lowest BCUT2D eigenvalue weighted by molar-refractivity contribution is -0.385. The maximum atomic E-state index is 10.6. The normalized spacial score (nSPS) is 10.2. The van der Waals surface area contributed by atoms with E-state index in [-0.39, 0.29) is 12.3 Å². The number of rotatable bonds is 4. The molecule has 6 heteroatoms. The molecule has 98 valence electrons. The molecule has 0 saturated carbocycles. The van der Waals surface area contributed by atoms with Gasteiger partial charge < -0.3 is 9.84 Å². The SMILES string of the molecule is O=[N+]([O-])c1ccc(Oc2ccc(CO)cc2)c(I)c1. The molecule has 19 heavy (non-hydrogen) atoms. The fourth-order valence-electron chi connectivity index (χ4n) is 1.48. The molecule has 0 saturated heterocycles. The zero-order chi connectivity index (χ0) is 13.8. The summed E-state index contributed by atoms with van der Waals surface area (Å²) in [6.07, 6.45) is 0. The molecule has 0 bridgehead atoms. The van der Waals surface area contributed by atoms with Crippen molar-refractivity contribution in [3.05, 3.63) is 61.7 Å². The molecule has 1 N–H and O–H groups in total. The molecular weight excluding hydrogens is 361 g/mol. The summed E-state index contributed by atoms with van der Waals surface area (Å²) in [5.74, 6) is 1.17. The minimum atomic E-state index is -0.442. The third kappa shape index (κ3) is 3.42. The predicted octanol–water partition coefficient (Wildman–Crippen LogP) is 3.48. The average molecular weight is 371 g/mol. The Balaban J connectivity index is 2.20. The fraction of sp³-hybridized carbons (Fsp3) is 0.0769. The van der Waals surface area contributed by atoms with Crippen molar-refractivity contribution in [3.8, 4) is 11.5 Å². The van der Waals surface area contributed by atoms with E-state index in [9.17, 15) is 10.1 Å². The highest BCUT2D eigenvalue weighted by molar-refractivity contribution is 14.1. The smallest absolute Gasteiger partial charge is 0.270 e. The lowest BCUT2D eigenvalue weighted by Crippen LogP contribution is -1.92. The summed E-state index contributed by atoms with van der Waals surface area (Å²) in [5, 5.41) is 19.6. The molecule has 0 aliphatic rings. The first-order valence-electron chi connectivity index (χ1n) is 5.42. The van der Waals surface area contributed by atoms with Gasteiger partial charge in [0.15, 0.2) is 0 Å². The second-order valence-corrected chi connectivity index (χ2v) is 4.94. The number of ether oxygens (including phenoxy) is 1. The quantitative estimate of drug-likeness (QED) is 0.508. The number of benzene rings is 2. The number of halogens is 1. The number of aliphatic hydroxyl groups is 1. The third-order valence-corrected chi connectivity index (χ3v) is 3.30. The molecule has 2 rings (SSSR count). The largest absolute Gasteiger partial charge is 0.456 e. The van der Waals surface area contributed by atoms with Gasteiger partial charge in [0.2, 0.25) is 0 Å². The topological polar surface area (TPSA) is 72.6 Å². The Labute approximate surface area is 123 Å². The monoisotopic (exact) mass is 371 g/mol. The molecule has 2 aromatic rings. The van der Waals surface area contributed by atoms with E-state index in [0.29, 0.717) is 15.1 Å². The highest BCUT2D eigenvalue weighted by Gasteiger charge is 2.10.